The molecule has 3 aromatic rings. The van der Waals surface area contributed by atoms with Gasteiger partial charge in [-0.3, -0.25) is 0 Å². The number of piperidine rings is 1. The average molecular weight is 371 g/mol. The van der Waals surface area contributed by atoms with Crippen molar-refractivity contribution in [3.05, 3.63) is 60.3 Å². The highest BCUT2D eigenvalue weighted by atomic mass is 15.3. The van der Waals surface area contributed by atoms with Crippen molar-refractivity contribution in [2.24, 2.45) is 0 Å². The summed E-state index contributed by atoms with van der Waals surface area (Å²) in [5, 5.41) is 23.2. The van der Waals surface area contributed by atoms with Gasteiger partial charge < -0.3 is 15.5 Å². The lowest BCUT2D eigenvalue weighted by molar-refractivity contribution is 0.578. The van der Waals surface area contributed by atoms with Gasteiger partial charge in [0.15, 0.2) is 5.82 Å². The molecule has 0 amide bonds. The summed E-state index contributed by atoms with van der Waals surface area (Å²) < 4.78 is 0. The maximum Gasteiger partial charge on any atom is 0.249 e. The van der Waals surface area contributed by atoms with E-state index < -0.39 is 0 Å². The van der Waals surface area contributed by atoms with Crippen LogP contribution in [-0.2, 0) is 0 Å². The van der Waals surface area contributed by atoms with Crippen LogP contribution in [0, 0.1) is 11.3 Å². The fraction of sp³-hybridized carbons (Fsp3) is 0.238. The van der Waals surface area contributed by atoms with E-state index in [9.17, 15) is 0 Å². The predicted octanol–water partition coefficient (Wildman–Crippen LogP) is 4.22. The fourth-order valence-corrected chi connectivity index (χ4v) is 3.23. The Kier molecular flexibility index (Phi) is 5.29. The normalized spacial score (nSPS) is 13.6. The van der Waals surface area contributed by atoms with Crippen molar-refractivity contribution in [2.75, 3.05) is 28.6 Å². The van der Waals surface area contributed by atoms with Gasteiger partial charge in [-0.15, -0.1) is 5.10 Å². The molecule has 7 nitrogen and oxygen atoms in total. The second-order valence-electron chi connectivity index (χ2n) is 6.70. The van der Waals surface area contributed by atoms with Crippen LogP contribution in [0.4, 0.5) is 28.8 Å². The van der Waals surface area contributed by atoms with Crippen LogP contribution in [0.5, 0.6) is 0 Å². The summed E-state index contributed by atoms with van der Waals surface area (Å²) in [5.74, 6) is 0.997. The van der Waals surface area contributed by atoms with Gasteiger partial charge in [0.2, 0.25) is 5.95 Å². The lowest BCUT2D eigenvalue weighted by Crippen LogP contribution is -2.29. The highest BCUT2D eigenvalue weighted by Crippen LogP contribution is 2.23. The molecule has 1 aliphatic rings. The molecule has 0 radical (unpaired) electrons. The Balaban J connectivity index is 1.42. The summed E-state index contributed by atoms with van der Waals surface area (Å²) in [7, 11) is 0. The molecule has 0 atom stereocenters. The molecule has 1 saturated heterocycles. The smallest absolute Gasteiger partial charge is 0.249 e. The average Bonchev–Trinajstić information content (AvgIpc) is 2.76. The Morgan fingerprint density at radius 2 is 1.54 bits per heavy atom. The van der Waals surface area contributed by atoms with Gasteiger partial charge in [-0.2, -0.15) is 15.3 Å². The zero-order valence-electron chi connectivity index (χ0n) is 15.5. The van der Waals surface area contributed by atoms with E-state index in [-0.39, 0.29) is 0 Å². The molecule has 1 fully saturated rings. The molecule has 1 aliphatic heterocycles. The van der Waals surface area contributed by atoms with Crippen LogP contribution in [-0.4, -0.2) is 28.3 Å². The fourth-order valence-electron chi connectivity index (χ4n) is 3.23. The van der Waals surface area contributed by atoms with E-state index in [0.29, 0.717) is 17.3 Å². The van der Waals surface area contributed by atoms with Crippen LogP contribution >= 0.6 is 0 Å². The van der Waals surface area contributed by atoms with Crippen molar-refractivity contribution < 1.29 is 0 Å². The zero-order chi connectivity index (χ0) is 19.2. The molecule has 2 aromatic carbocycles. The van der Waals surface area contributed by atoms with E-state index in [1.165, 1.54) is 24.9 Å². The summed E-state index contributed by atoms with van der Waals surface area (Å²) in [4.78, 5) is 6.88. The van der Waals surface area contributed by atoms with Gasteiger partial charge in [0.1, 0.15) is 0 Å². The maximum atomic E-state index is 8.87. The number of nitrogens with zero attached hydrogens (tertiary/aromatic N) is 5. The lowest BCUT2D eigenvalue weighted by atomic mass is 10.1. The van der Waals surface area contributed by atoms with Gasteiger partial charge in [0, 0.05) is 30.2 Å². The molecule has 28 heavy (non-hydrogen) atoms. The van der Waals surface area contributed by atoms with E-state index >= 15 is 0 Å². The molecular weight excluding hydrogens is 350 g/mol. The highest BCUT2D eigenvalue weighted by molar-refractivity contribution is 5.62. The zero-order valence-corrected chi connectivity index (χ0v) is 15.5. The third kappa shape index (κ3) is 4.35. The number of anilines is 5. The molecule has 0 saturated carbocycles. The summed E-state index contributed by atoms with van der Waals surface area (Å²) in [6.45, 7) is 2.26. The molecule has 1 aromatic heterocycles. The van der Waals surface area contributed by atoms with Crippen LogP contribution in [0.2, 0.25) is 0 Å². The molecule has 0 aliphatic carbocycles. The van der Waals surface area contributed by atoms with Gasteiger partial charge in [-0.05, 0) is 67.8 Å². The molecule has 0 bridgehead atoms. The Hall–Kier alpha value is -3.66. The van der Waals surface area contributed by atoms with Crippen molar-refractivity contribution in [2.45, 2.75) is 19.3 Å². The molecule has 0 unspecified atom stereocenters. The van der Waals surface area contributed by atoms with Gasteiger partial charge in [0.05, 0.1) is 17.8 Å². The Labute approximate surface area is 164 Å². The third-order valence-corrected chi connectivity index (χ3v) is 4.69. The number of hydrogen-bond donors (Lipinski definition) is 2. The van der Waals surface area contributed by atoms with Crippen LogP contribution in [0.3, 0.4) is 0 Å². The van der Waals surface area contributed by atoms with E-state index in [1.54, 1.807) is 30.5 Å². The minimum absolute atomic E-state index is 0.389. The van der Waals surface area contributed by atoms with Gasteiger partial charge in [-0.1, -0.05) is 0 Å². The Morgan fingerprint density at radius 3 is 2.25 bits per heavy atom. The molecule has 4 rings (SSSR count). The topological polar surface area (TPSA) is 89.8 Å². The molecular formula is C21H21N7. The van der Waals surface area contributed by atoms with Crippen molar-refractivity contribution in [1.29, 1.82) is 5.26 Å². The first-order chi connectivity index (χ1) is 13.8. The predicted molar refractivity (Wildman–Crippen MR) is 110 cm³/mol. The second kappa shape index (κ2) is 8.35. The van der Waals surface area contributed by atoms with Crippen molar-refractivity contribution in [3.63, 3.8) is 0 Å². The Bertz CT molecular complexity index is 955. The molecule has 7 heteroatoms. The monoisotopic (exact) mass is 371 g/mol. The third-order valence-electron chi connectivity index (χ3n) is 4.69. The van der Waals surface area contributed by atoms with E-state index in [0.717, 1.165) is 24.5 Å². The SMILES string of the molecule is N#Cc1ccc(Nc2nncc(Nc3ccc(N4CCCCC4)cc3)n2)cc1. The first-order valence-electron chi connectivity index (χ1n) is 9.39. The van der Waals surface area contributed by atoms with Crippen LogP contribution < -0.4 is 15.5 Å². The largest absolute Gasteiger partial charge is 0.372 e. The second-order valence-corrected chi connectivity index (χ2v) is 6.70. The minimum atomic E-state index is 0.389. The van der Waals surface area contributed by atoms with Gasteiger partial charge >= 0.3 is 0 Å². The number of rotatable bonds is 5. The van der Waals surface area contributed by atoms with Gasteiger partial charge in [-0.25, -0.2) is 0 Å². The van der Waals surface area contributed by atoms with Crippen molar-refractivity contribution in [1.82, 2.24) is 15.2 Å². The summed E-state index contributed by atoms with van der Waals surface area (Å²) >= 11 is 0. The molecule has 0 spiro atoms. The van der Waals surface area contributed by atoms with Crippen LogP contribution in [0.15, 0.2) is 54.7 Å². The minimum Gasteiger partial charge on any atom is -0.372 e. The van der Waals surface area contributed by atoms with Crippen LogP contribution in [0.25, 0.3) is 0 Å². The first-order valence-corrected chi connectivity index (χ1v) is 9.39. The van der Waals surface area contributed by atoms with Gasteiger partial charge in [0.25, 0.3) is 0 Å². The van der Waals surface area contributed by atoms with Crippen molar-refractivity contribution in [3.8, 4) is 6.07 Å². The summed E-state index contributed by atoms with van der Waals surface area (Å²) in [6, 6.07) is 17.6. The number of nitriles is 1. The summed E-state index contributed by atoms with van der Waals surface area (Å²) in [6.07, 6.45) is 5.45. The number of hydrogen-bond acceptors (Lipinski definition) is 7. The number of aromatic nitrogens is 3. The standard InChI is InChI=1S/C21H21N7/c22-14-16-4-6-18(7-5-16)25-21-26-20(15-23-27-21)24-17-8-10-19(11-9-17)28-12-2-1-3-13-28/h4-11,15H,1-3,12-13H2,(H2,24,25,26,27). The Morgan fingerprint density at radius 1 is 0.857 bits per heavy atom. The summed E-state index contributed by atoms with van der Waals surface area (Å²) in [5.41, 5.74) is 3.61. The van der Waals surface area contributed by atoms with E-state index in [2.05, 4.69) is 61.0 Å². The van der Waals surface area contributed by atoms with E-state index in [4.69, 9.17) is 5.26 Å². The first kappa shape index (κ1) is 17.7. The van der Waals surface area contributed by atoms with Crippen molar-refractivity contribution >= 4 is 28.8 Å². The highest BCUT2D eigenvalue weighted by Gasteiger charge is 2.10. The molecule has 140 valence electrons. The molecule has 2 heterocycles. The molecule has 2 N–H and O–H groups in total. The van der Waals surface area contributed by atoms with E-state index in [1.807, 2.05) is 0 Å². The van der Waals surface area contributed by atoms with Crippen LogP contribution in [0.1, 0.15) is 24.8 Å². The number of benzene rings is 2. The quantitative estimate of drug-likeness (QED) is 0.694. The lowest BCUT2D eigenvalue weighted by Gasteiger charge is -2.28. The maximum absolute atomic E-state index is 8.87. The number of nitrogens with one attached hydrogen (secondary N) is 2.